The van der Waals surface area contributed by atoms with Crippen molar-refractivity contribution in [3.8, 4) is 33.6 Å². The van der Waals surface area contributed by atoms with Gasteiger partial charge in [-0.15, -0.1) is 0 Å². The molecule has 8 aromatic carbocycles. The summed E-state index contributed by atoms with van der Waals surface area (Å²) < 4.78 is 0. The predicted molar refractivity (Wildman–Crippen MR) is 214 cm³/mol. The van der Waals surface area contributed by atoms with E-state index in [-0.39, 0.29) is 0 Å². The van der Waals surface area contributed by atoms with Gasteiger partial charge in [0, 0.05) is 22.4 Å². The van der Waals surface area contributed by atoms with E-state index >= 15 is 0 Å². The summed E-state index contributed by atoms with van der Waals surface area (Å²) in [6.07, 6.45) is 0.824. The van der Waals surface area contributed by atoms with E-state index in [0.29, 0.717) is 0 Å². The molecule has 1 aromatic heterocycles. The molecule has 0 atom stereocenters. The van der Waals surface area contributed by atoms with Crippen molar-refractivity contribution in [1.29, 1.82) is 0 Å². The van der Waals surface area contributed by atoms with Gasteiger partial charge in [-0.2, -0.15) is 0 Å². The number of hydrogen-bond acceptors (Lipinski definition) is 2. The minimum absolute atomic E-state index is 0.824. The van der Waals surface area contributed by atoms with Crippen LogP contribution < -0.4 is 0 Å². The molecule has 0 fully saturated rings. The van der Waals surface area contributed by atoms with Crippen LogP contribution in [-0.4, -0.2) is 10.7 Å². The number of aromatic nitrogens is 1. The Kier molecular flexibility index (Phi) is 7.25. The molecule has 0 aliphatic heterocycles. The fraction of sp³-hybridized carbons (Fsp3) is 0.0833. The molecule has 0 unspecified atom stereocenters. The van der Waals surface area contributed by atoms with Crippen LogP contribution in [0.25, 0.3) is 76.7 Å². The Morgan fingerprint density at radius 1 is 0.500 bits per heavy atom. The minimum atomic E-state index is 0.824. The number of pyridine rings is 1. The molecule has 0 bridgehead atoms. The average molecular weight is 641 g/mol. The van der Waals surface area contributed by atoms with E-state index in [2.05, 4.69) is 172 Å². The Balaban J connectivity index is 1.15. The maximum Gasteiger partial charge on any atom is 0.0715 e. The van der Waals surface area contributed by atoms with Crippen LogP contribution in [0.15, 0.2) is 157 Å². The average Bonchev–Trinajstić information content (AvgIpc) is 3.16. The third-order valence-corrected chi connectivity index (χ3v) is 10.3. The second-order valence-corrected chi connectivity index (χ2v) is 13.3. The molecule has 0 saturated heterocycles. The van der Waals surface area contributed by atoms with Gasteiger partial charge < -0.3 is 0 Å². The highest BCUT2D eigenvalue weighted by molar-refractivity contribution is 6.34. The molecule has 0 spiro atoms. The van der Waals surface area contributed by atoms with Gasteiger partial charge in [-0.25, -0.2) is 4.98 Å². The van der Waals surface area contributed by atoms with Crippen LogP contribution in [-0.2, 0) is 0 Å². The fourth-order valence-electron chi connectivity index (χ4n) is 7.82. The summed E-state index contributed by atoms with van der Waals surface area (Å²) in [7, 11) is 0. The van der Waals surface area contributed by atoms with Gasteiger partial charge in [0.1, 0.15) is 0 Å². The van der Waals surface area contributed by atoms with Crippen molar-refractivity contribution in [3.63, 3.8) is 0 Å². The number of hydrogen-bond donors (Lipinski definition) is 0. The quantitative estimate of drug-likeness (QED) is 0.101. The van der Waals surface area contributed by atoms with Crippen molar-refractivity contribution in [2.75, 3.05) is 0 Å². The van der Waals surface area contributed by atoms with Crippen LogP contribution in [0.5, 0.6) is 0 Å². The molecule has 238 valence electrons. The first-order chi connectivity index (χ1) is 24.6. The zero-order valence-electron chi connectivity index (χ0n) is 28.5. The predicted octanol–water partition coefficient (Wildman–Crippen LogP) is 13.3. The zero-order chi connectivity index (χ0) is 33.8. The second kappa shape index (κ2) is 12.1. The molecule has 50 heavy (non-hydrogen) atoms. The number of rotatable bonds is 6. The van der Waals surface area contributed by atoms with E-state index < -0.39 is 0 Å². The summed E-state index contributed by atoms with van der Waals surface area (Å²) >= 11 is 0. The molecule has 2 heteroatoms. The smallest absolute Gasteiger partial charge is 0.0715 e. The van der Waals surface area contributed by atoms with E-state index in [0.717, 1.165) is 45.9 Å². The monoisotopic (exact) mass is 640 g/mol. The van der Waals surface area contributed by atoms with Crippen molar-refractivity contribution in [2.45, 2.75) is 27.2 Å². The van der Waals surface area contributed by atoms with Crippen LogP contribution in [0.3, 0.4) is 0 Å². The summed E-state index contributed by atoms with van der Waals surface area (Å²) in [4.78, 5) is 10.6. The van der Waals surface area contributed by atoms with Gasteiger partial charge >= 0.3 is 0 Å². The molecule has 0 radical (unpaired) electrons. The van der Waals surface area contributed by atoms with E-state index in [1.165, 1.54) is 65.3 Å². The maximum atomic E-state index is 5.33. The molecule has 0 N–H and O–H groups in total. The second-order valence-electron chi connectivity index (χ2n) is 13.3. The van der Waals surface area contributed by atoms with Gasteiger partial charge in [-0.1, -0.05) is 140 Å². The maximum absolute atomic E-state index is 5.33. The molecule has 0 aliphatic carbocycles. The summed E-state index contributed by atoms with van der Waals surface area (Å²) in [6.45, 7) is 6.51. The Hall–Kier alpha value is -6.12. The number of benzene rings is 8. The number of fused-ring (bicyclic) bond motifs is 2. The molecule has 9 aromatic rings. The number of aryl methyl sites for hydroxylation is 2. The minimum Gasteiger partial charge on any atom is -0.253 e. The van der Waals surface area contributed by atoms with Gasteiger partial charge in [0.25, 0.3) is 0 Å². The Morgan fingerprint density at radius 3 is 1.92 bits per heavy atom. The van der Waals surface area contributed by atoms with Gasteiger partial charge in [0.05, 0.1) is 17.1 Å². The van der Waals surface area contributed by atoms with Crippen molar-refractivity contribution < 1.29 is 0 Å². The van der Waals surface area contributed by atoms with Crippen molar-refractivity contribution in [3.05, 3.63) is 168 Å². The lowest BCUT2D eigenvalue weighted by atomic mass is 9.88. The van der Waals surface area contributed by atoms with Crippen LogP contribution in [0.4, 0.5) is 5.69 Å². The fourth-order valence-corrected chi connectivity index (χ4v) is 7.82. The Labute approximate surface area is 292 Å². The van der Waals surface area contributed by atoms with Crippen LogP contribution >= 0.6 is 0 Å². The van der Waals surface area contributed by atoms with Crippen molar-refractivity contribution in [2.24, 2.45) is 4.99 Å². The first kappa shape index (κ1) is 30.0. The highest BCUT2D eigenvalue weighted by Crippen LogP contribution is 2.43. The summed E-state index contributed by atoms with van der Waals surface area (Å²) in [6, 6.07) is 54.7. The van der Waals surface area contributed by atoms with Gasteiger partial charge in [-0.05, 0) is 104 Å². The first-order valence-corrected chi connectivity index (χ1v) is 17.5. The summed E-state index contributed by atoms with van der Waals surface area (Å²) in [5, 5.41) is 10.3. The summed E-state index contributed by atoms with van der Waals surface area (Å²) in [5.74, 6) is 0. The molecule has 2 nitrogen and oxygen atoms in total. The van der Waals surface area contributed by atoms with Gasteiger partial charge in [0.2, 0.25) is 0 Å². The third kappa shape index (κ3) is 4.87. The SMILES string of the molecule is CC/C(=N\c1cc(-c2cccc(-c3ccc4c5cccc6cccc(c7cccc3c74)c65)n2)ccc1C)c1ccccc1-c1ccccc1C. The third-order valence-electron chi connectivity index (χ3n) is 10.3. The first-order valence-electron chi connectivity index (χ1n) is 17.5. The topological polar surface area (TPSA) is 25.2 Å². The van der Waals surface area contributed by atoms with Crippen LogP contribution in [0.1, 0.15) is 30.0 Å². The molecule has 0 saturated carbocycles. The highest BCUT2D eigenvalue weighted by atomic mass is 14.8. The Morgan fingerprint density at radius 2 is 1.14 bits per heavy atom. The lowest BCUT2D eigenvalue weighted by molar-refractivity contribution is 1.25. The standard InChI is InChI=1S/C48H36N2/c1-4-43(36-18-8-7-17-35(36)34-16-6-5-13-30(34)2)49-46-29-33(26-25-31(46)3)44-23-12-24-45(50-44)37-27-28-42-40-20-10-15-32-14-9-19-39(47(32)40)41-22-11-21-38(37)48(41)42/h5-29H,4H2,1-3H3/b49-43+. The van der Waals surface area contributed by atoms with E-state index in [1.54, 1.807) is 0 Å². The normalized spacial score (nSPS) is 12.1. The van der Waals surface area contributed by atoms with Gasteiger partial charge in [0.15, 0.2) is 0 Å². The molecule has 1 heterocycles. The molecule has 0 amide bonds. The summed E-state index contributed by atoms with van der Waals surface area (Å²) in [5.41, 5.74) is 12.2. The molecular weight excluding hydrogens is 605 g/mol. The number of nitrogens with zero attached hydrogens (tertiary/aromatic N) is 2. The van der Waals surface area contributed by atoms with Gasteiger partial charge in [-0.3, -0.25) is 4.99 Å². The Bertz CT molecular complexity index is 2720. The zero-order valence-corrected chi connectivity index (χ0v) is 28.5. The molecular formula is C48H36N2. The van der Waals surface area contributed by atoms with Crippen molar-refractivity contribution >= 4 is 54.5 Å². The van der Waals surface area contributed by atoms with E-state index in [1.807, 2.05) is 0 Å². The molecule has 9 rings (SSSR count). The van der Waals surface area contributed by atoms with Crippen LogP contribution in [0.2, 0.25) is 0 Å². The molecule has 0 aliphatic rings. The lowest BCUT2D eigenvalue weighted by Crippen LogP contribution is -2.02. The highest BCUT2D eigenvalue weighted by Gasteiger charge is 2.17. The van der Waals surface area contributed by atoms with E-state index in [4.69, 9.17) is 9.98 Å². The largest absolute Gasteiger partial charge is 0.253 e. The number of aliphatic imine (C=N–C) groups is 1. The van der Waals surface area contributed by atoms with E-state index in [9.17, 15) is 0 Å². The lowest BCUT2D eigenvalue weighted by Gasteiger charge is -2.16. The van der Waals surface area contributed by atoms with Crippen molar-refractivity contribution in [1.82, 2.24) is 4.98 Å². The van der Waals surface area contributed by atoms with Crippen LogP contribution in [0, 0.1) is 13.8 Å².